The molecule has 1 unspecified atom stereocenters. The average molecular weight is 457 g/mol. The Bertz CT molecular complexity index is 1140. The van der Waals surface area contributed by atoms with Gasteiger partial charge in [-0.2, -0.15) is 4.39 Å². The van der Waals surface area contributed by atoms with E-state index in [2.05, 4.69) is 15.3 Å². The molecule has 1 amide bonds. The number of anilines is 1. The third kappa shape index (κ3) is 3.23. The van der Waals surface area contributed by atoms with Gasteiger partial charge in [0, 0.05) is 0 Å². The van der Waals surface area contributed by atoms with E-state index in [1.165, 1.54) is 18.2 Å². The fraction of sp³-hybridized carbons (Fsp3) is 0.389. The normalized spacial score (nSPS) is 24.6. The molecule has 1 aliphatic carbocycles. The summed E-state index contributed by atoms with van der Waals surface area (Å²) in [6.45, 7) is 1.65. The van der Waals surface area contributed by atoms with Crippen molar-refractivity contribution >= 4 is 50.3 Å². The Morgan fingerprint density at radius 2 is 2.10 bits per heavy atom. The zero-order valence-electron chi connectivity index (χ0n) is 15.4. The van der Waals surface area contributed by atoms with Crippen LogP contribution < -0.4 is 11.1 Å². The predicted octanol–water partition coefficient (Wildman–Crippen LogP) is 3.11. The second kappa shape index (κ2) is 6.75. The lowest BCUT2D eigenvalue weighted by Crippen LogP contribution is -2.61. The third-order valence-electron chi connectivity index (χ3n) is 5.42. The molecule has 0 saturated heterocycles. The zero-order chi connectivity index (χ0) is 21.0. The van der Waals surface area contributed by atoms with Gasteiger partial charge in [0.25, 0.3) is 5.91 Å². The lowest BCUT2D eigenvalue weighted by Gasteiger charge is -2.46. The number of carbonyl (C=O) groups excluding carboxylic acids is 1. The molecule has 1 atom stereocenters. The minimum Gasteiger partial charge on any atom is -0.386 e. The van der Waals surface area contributed by atoms with Crippen molar-refractivity contribution in [2.75, 3.05) is 11.1 Å². The highest BCUT2D eigenvalue weighted by molar-refractivity contribution is 7.93. The van der Waals surface area contributed by atoms with E-state index >= 15 is 0 Å². The number of nitrogens with one attached hydrogen (secondary N) is 1. The summed E-state index contributed by atoms with van der Waals surface area (Å²) in [5.41, 5.74) is 4.93. The van der Waals surface area contributed by atoms with Crippen molar-refractivity contribution in [1.82, 2.24) is 4.98 Å². The predicted molar refractivity (Wildman–Crippen MR) is 111 cm³/mol. The van der Waals surface area contributed by atoms with E-state index in [-0.39, 0.29) is 27.3 Å². The van der Waals surface area contributed by atoms with Gasteiger partial charge in [-0.05, 0) is 44.4 Å². The van der Waals surface area contributed by atoms with Crippen molar-refractivity contribution in [3.8, 4) is 0 Å². The molecule has 3 heterocycles. The first-order valence-corrected chi connectivity index (χ1v) is 11.7. The topological polar surface area (TPSA) is 115 Å². The van der Waals surface area contributed by atoms with Crippen LogP contribution in [-0.2, 0) is 15.4 Å². The fourth-order valence-corrected chi connectivity index (χ4v) is 7.87. The number of hydrogen-bond acceptors (Lipinski definition) is 7. The second-order valence-electron chi connectivity index (χ2n) is 7.47. The molecule has 1 saturated carbocycles. The quantitative estimate of drug-likeness (QED) is 0.688. The standard InChI is InChI=1S/C18H18ClFN4O3S2/c1-17(9-29(26,27)18(6-3-7-18)16(21)24-17)14-10(19)8-11(28-14)15(25)23-13-5-2-4-12(20)22-13/h2,4-5,8H,3,6-7,9H2,1H3,(H2,21,24)(H,22,23,25). The molecule has 1 spiro atoms. The number of amides is 1. The molecule has 1 aliphatic heterocycles. The van der Waals surface area contributed by atoms with Crippen LogP contribution in [0.3, 0.4) is 0 Å². The van der Waals surface area contributed by atoms with E-state index < -0.39 is 32.0 Å². The molecule has 3 N–H and O–H groups in total. The maximum Gasteiger partial charge on any atom is 0.266 e. The van der Waals surface area contributed by atoms with E-state index in [0.717, 1.165) is 23.8 Å². The number of carbonyl (C=O) groups is 1. The van der Waals surface area contributed by atoms with Crippen LogP contribution in [0.4, 0.5) is 10.2 Å². The molecule has 7 nitrogen and oxygen atoms in total. The molecule has 154 valence electrons. The van der Waals surface area contributed by atoms with Gasteiger partial charge >= 0.3 is 0 Å². The number of amidine groups is 1. The molecule has 0 bridgehead atoms. The highest BCUT2D eigenvalue weighted by atomic mass is 35.5. The molecular weight excluding hydrogens is 439 g/mol. The maximum absolute atomic E-state index is 13.2. The summed E-state index contributed by atoms with van der Waals surface area (Å²) in [6, 6.07) is 5.48. The van der Waals surface area contributed by atoms with E-state index in [4.69, 9.17) is 17.3 Å². The van der Waals surface area contributed by atoms with Crippen molar-refractivity contribution in [2.24, 2.45) is 10.7 Å². The zero-order valence-corrected chi connectivity index (χ0v) is 17.8. The Morgan fingerprint density at radius 1 is 1.38 bits per heavy atom. The summed E-state index contributed by atoms with van der Waals surface area (Å²) < 4.78 is 38.1. The van der Waals surface area contributed by atoms with Gasteiger partial charge in [-0.25, -0.2) is 13.4 Å². The molecule has 0 radical (unpaired) electrons. The number of hydrogen-bond donors (Lipinski definition) is 2. The number of nitrogens with two attached hydrogens (primary N) is 1. The van der Waals surface area contributed by atoms with Crippen molar-refractivity contribution in [3.63, 3.8) is 0 Å². The molecule has 2 aromatic rings. The van der Waals surface area contributed by atoms with Gasteiger partial charge in [0.15, 0.2) is 9.84 Å². The van der Waals surface area contributed by atoms with E-state index in [1.54, 1.807) is 6.92 Å². The number of sulfone groups is 1. The number of pyridine rings is 1. The van der Waals surface area contributed by atoms with E-state index in [1.807, 2.05) is 0 Å². The highest BCUT2D eigenvalue weighted by Gasteiger charge is 2.58. The summed E-state index contributed by atoms with van der Waals surface area (Å²) in [5.74, 6) is -1.31. The van der Waals surface area contributed by atoms with Crippen molar-refractivity contribution < 1.29 is 17.6 Å². The van der Waals surface area contributed by atoms with Crippen molar-refractivity contribution in [3.05, 3.63) is 45.0 Å². The largest absolute Gasteiger partial charge is 0.386 e. The van der Waals surface area contributed by atoms with E-state index in [0.29, 0.717) is 17.7 Å². The van der Waals surface area contributed by atoms with Crippen LogP contribution >= 0.6 is 22.9 Å². The molecule has 4 rings (SSSR count). The SMILES string of the molecule is CC1(c2sc(C(=O)Nc3cccc(F)n3)cc2Cl)CS(=O)(=O)C2(CCC2)C(N)=N1. The summed E-state index contributed by atoms with van der Waals surface area (Å²) in [7, 11) is -3.53. The molecule has 1 fully saturated rings. The maximum atomic E-state index is 13.2. The minimum atomic E-state index is -3.53. The van der Waals surface area contributed by atoms with Crippen LogP contribution in [0, 0.1) is 5.95 Å². The van der Waals surface area contributed by atoms with Gasteiger partial charge in [0.2, 0.25) is 5.95 Å². The van der Waals surface area contributed by atoms with Crippen LogP contribution in [-0.4, -0.2) is 35.6 Å². The summed E-state index contributed by atoms with van der Waals surface area (Å²) in [5, 5.41) is 2.72. The monoisotopic (exact) mass is 456 g/mol. The summed E-state index contributed by atoms with van der Waals surface area (Å²) in [4.78, 5) is 21.3. The molecule has 2 aliphatic rings. The first-order chi connectivity index (χ1) is 13.6. The Labute approximate surface area is 176 Å². The first-order valence-electron chi connectivity index (χ1n) is 8.88. The third-order valence-corrected chi connectivity index (χ3v) is 9.97. The lowest BCUT2D eigenvalue weighted by molar-refractivity contribution is 0.103. The van der Waals surface area contributed by atoms with Crippen molar-refractivity contribution in [2.45, 2.75) is 36.5 Å². The average Bonchev–Trinajstić information content (AvgIpc) is 2.94. The van der Waals surface area contributed by atoms with Gasteiger partial charge in [-0.3, -0.25) is 9.79 Å². The Kier molecular flexibility index (Phi) is 4.71. The minimum absolute atomic E-state index is 0.0571. The van der Waals surface area contributed by atoms with Crippen LogP contribution in [0.5, 0.6) is 0 Å². The molecule has 29 heavy (non-hydrogen) atoms. The summed E-state index contributed by atoms with van der Waals surface area (Å²) in [6.07, 6.45) is 1.75. The van der Waals surface area contributed by atoms with Gasteiger partial charge < -0.3 is 11.1 Å². The van der Waals surface area contributed by atoms with Gasteiger partial charge in [0.1, 0.15) is 21.9 Å². The van der Waals surface area contributed by atoms with Gasteiger partial charge in [0.05, 0.1) is 20.5 Å². The molecule has 2 aromatic heterocycles. The Hall–Kier alpha value is -2.04. The second-order valence-corrected chi connectivity index (χ2v) is 11.2. The fourth-order valence-electron chi connectivity index (χ4n) is 3.75. The highest BCUT2D eigenvalue weighted by Crippen LogP contribution is 2.49. The number of aromatic nitrogens is 1. The Balaban J connectivity index is 1.67. The van der Waals surface area contributed by atoms with Crippen LogP contribution in [0.25, 0.3) is 0 Å². The number of nitrogens with zero attached hydrogens (tertiary/aromatic N) is 2. The van der Waals surface area contributed by atoms with Crippen LogP contribution in [0.15, 0.2) is 29.3 Å². The van der Waals surface area contributed by atoms with Gasteiger partial charge in [-0.15, -0.1) is 11.3 Å². The lowest BCUT2D eigenvalue weighted by atomic mass is 9.82. The van der Waals surface area contributed by atoms with Crippen LogP contribution in [0.2, 0.25) is 5.02 Å². The smallest absolute Gasteiger partial charge is 0.266 e. The number of halogens is 2. The Morgan fingerprint density at radius 3 is 2.69 bits per heavy atom. The number of aliphatic imine (C=N–C) groups is 1. The first kappa shape index (κ1) is 20.2. The molecular formula is C18H18ClFN4O3S2. The van der Waals surface area contributed by atoms with E-state index in [9.17, 15) is 17.6 Å². The summed E-state index contributed by atoms with van der Waals surface area (Å²) >= 11 is 7.38. The van der Waals surface area contributed by atoms with Gasteiger partial charge in [-0.1, -0.05) is 17.7 Å². The number of rotatable bonds is 3. The van der Waals surface area contributed by atoms with Crippen LogP contribution in [0.1, 0.15) is 40.7 Å². The number of thiophene rings is 1. The molecule has 0 aromatic carbocycles. The molecule has 11 heteroatoms. The van der Waals surface area contributed by atoms with Crippen molar-refractivity contribution in [1.29, 1.82) is 0 Å².